The molecule has 0 amide bonds. The van der Waals surface area contributed by atoms with E-state index in [9.17, 15) is 0 Å². The van der Waals surface area contributed by atoms with E-state index in [-0.39, 0.29) is 6.04 Å². The molecule has 1 aromatic carbocycles. The summed E-state index contributed by atoms with van der Waals surface area (Å²) in [6, 6.07) is 15.3. The van der Waals surface area contributed by atoms with Gasteiger partial charge < -0.3 is 4.42 Å². The van der Waals surface area contributed by atoms with Gasteiger partial charge in [0.05, 0.1) is 6.04 Å². The number of thiophene rings is 1. The molecule has 0 fully saturated rings. The molecule has 0 aliphatic rings. The van der Waals surface area contributed by atoms with Crippen LogP contribution in [0.4, 0.5) is 0 Å². The average molecular weight is 299 g/mol. The fourth-order valence-corrected chi connectivity index (χ4v) is 3.51. The largest absolute Gasteiger partial charge is 0.459 e. The minimum absolute atomic E-state index is 0.205. The summed E-state index contributed by atoms with van der Waals surface area (Å²) in [6.07, 6.45) is 2.31. The predicted octanol–water partition coefficient (Wildman–Crippen LogP) is 5.69. The predicted molar refractivity (Wildman–Crippen MR) is 89.7 cm³/mol. The third-order valence-corrected chi connectivity index (χ3v) is 4.77. The van der Waals surface area contributed by atoms with Crippen LogP contribution in [0.5, 0.6) is 0 Å². The Bertz CT molecular complexity index is 653. The van der Waals surface area contributed by atoms with Gasteiger partial charge in [0.15, 0.2) is 0 Å². The Morgan fingerprint density at radius 2 is 2.05 bits per heavy atom. The highest BCUT2D eigenvalue weighted by atomic mass is 32.1. The summed E-state index contributed by atoms with van der Waals surface area (Å²) >= 11 is 1.82. The third-order valence-electron chi connectivity index (χ3n) is 3.79. The van der Waals surface area contributed by atoms with Gasteiger partial charge in [-0.1, -0.05) is 37.6 Å². The zero-order valence-corrected chi connectivity index (χ0v) is 13.3. The van der Waals surface area contributed by atoms with Gasteiger partial charge >= 0.3 is 0 Å². The lowest BCUT2D eigenvalue weighted by molar-refractivity contribution is 0.392. The topological polar surface area (TPSA) is 25.2 Å². The molecule has 0 saturated heterocycles. The van der Waals surface area contributed by atoms with Crippen LogP contribution in [-0.4, -0.2) is 0 Å². The van der Waals surface area contributed by atoms with Crippen molar-refractivity contribution in [3.05, 3.63) is 58.5 Å². The highest BCUT2D eigenvalue weighted by Gasteiger charge is 2.18. The van der Waals surface area contributed by atoms with Crippen LogP contribution in [0.2, 0.25) is 0 Å². The van der Waals surface area contributed by atoms with Crippen LogP contribution in [0.1, 0.15) is 49.4 Å². The molecular weight excluding hydrogens is 278 g/mol. The fourth-order valence-electron chi connectivity index (χ4n) is 2.69. The maximum absolute atomic E-state index is 5.97. The summed E-state index contributed by atoms with van der Waals surface area (Å²) in [5.74, 6) is 1.01. The standard InChI is InChI=1S/C18H21NOS/c1-3-7-15(18-10-6-11-21-18)19-13(2)17-12-14-8-4-5-9-16(14)20-17/h4-6,8-13,15,19H,3,7H2,1-2H3. The van der Waals surface area contributed by atoms with Crippen molar-refractivity contribution in [1.82, 2.24) is 5.32 Å². The van der Waals surface area contributed by atoms with Crippen LogP contribution in [0, 0.1) is 0 Å². The molecule has 1 N–H and O–H groups in total. The van der Waals surface area contributed by atoms with E-state index in [0.717, 1.165) is 17.8 Å². The minimum atomic E-state index is 0.205. The summed E-state index contributed by atoms with van der Waals surface area (Å²) in [5.41, 5.74) is 0.962. The second-order valence-corrected chi connectivity index (χ2v) is 6.41. The van der Waals surface area contributed by atoms with Gasteiger partial charge in [-0.3, -0.25) is 5.32 Å². The Hall–Kier alpha value is -1.58. The number of rotatable bonds is 6. The lowest BCUT2D eigenvalue weighted by Gasteiger charge is -2.21. The van der Waals surface area contributed by atoms with E-state index in [1.54, 1.807) is 0 Å². The molecule has 0 aliphatic carbocycles. The highest BCUT2D eigenvalue weighted by Crippen LogP contribution is 2.29. The molecular formula is C18H21NOS. The Kier molecular flexibility index (Phi) is 4.42. The zero-order valence-electron chi connectivity index (χ0n) is 12.5. The quantitative estimate of drug-likeness (QED) is 0.633. The third kappa shape index (κ3) is 3.20. The van der Waals surface area contributed by atoms with Crippen LogP contribution in [0.25, 0.3) is 11.0 Å². The first-order valence-corrected chi connectivity index (χ1v) is 8.44. The van der Waals surface area contributed by atoms with Crippen LogP contribution in [-0.2, 0) is 0 Å². The van der Waals surface area contributed by atoms with Gasteiger partial charge in [0.2, 0.25) is 0 Å². The SMILES string of the molecule is CCCC(NC(C)c1cc2ccccc2o1)c1cccs1. The summed E-state index contributed by atoms with van der Waals surface area (Å²) < 4.78 is 5.97. The molecule has 2 atom stereocenters. The maximum atomic E-state index is 5.97. The number of hydrogen-bond donors (Lipinski definition) is 1. The normalized spacial score (nSPS) is 14.4. The average Bonchev–Trinajstić information content (AvgIpc) is 3.16. The molecule has 0 radical (unpaired) electrons. The fraction of sp³-hybridized carbons (Fsp3) is 0.333. The number of fused-ring (bicyclic) bond motifs is 1. The van der Waals surface area contributed by atoms with Gasteiger partial charge in [0, 0.05) is 16.3 Å². The van der Waals surface area contributed by atoms with Gasteiger partial charge in [-0.05, 0) is 36.9 Å². The summed E-state index contributed by atoms with van der Waals surface area (Å²) in [4.78, 5) is 1.40. The number of benzene rings is 1. The van der Waals surface area contributed by atoms with Crippen LogP contribution in [0.15, 0.2) is 52.3 Å². The molecule has 0 spiro atoms. The molecule has 0 bridgehead atoms. The number of hydrogen-bond acceptors (Lipinski definition) is 3. The van der Waals surface area contributed by atoms with E-state index < -0.39 is 0 Å². The van der Waals surface area contributed by atoms with Gasteiger partial charge in [0.25, 0.3) is 0 Å². The Balaban J connectivity index is 1.78. The van der Waals surface area contributed by atoms with E-state index in [2.05, 4.69) is 48.8 Å². The van der Waals surface area contributed by atoms with Gasteiger partial charge in [0.1, 0.15) is 11.3 Å². The highest BCUT2D eigenvalue weighted by molar-refractivity contribution is 7.10. The molecule has 2 heterocycles. The summed E-state index contributed by atoms with van der Waals surface area (Å²) in [5, 5.41) is 7.03. The lowest BCUT2D eigenvalue weighted by atomic mass is 10.1. The van der Waals surface area contributed by atoms with Crippen LogP contribution < -0.4 is 5.32 Å². The molecule has 110 valence electrons. The van der Waals surface area contributed by atoms with E-state index in [4.69, 9.17) is 4.42 Å². The summed E-state index contributed by atoms with van der Waals surface area (Å²) in [7, 11) is 0. The molecule has 21 heavy (non-hydrogen) atoms. The first kappa shape index (κ1) is 14.4. The molecule has 2 unspecified atom stereocenters. The first-order valence-electron chi connectivity index (χ1n) is 7.56. The first-order chi connectivity index (χ1) is 10.3. The van der Waals surface area contributed by atoms with Crippen molar-refractivity contribution in [2.24, 2.45) is 0 Å². The van der Waals surface area contributed by atoms with E-state index >= 15 is 0 Å². The zero-order chi connectivity index (χ0) is 14.7. The van der Waals surface area contributed by atoms with Gasteiger partial charge in [-0.2, -0.15) is 0 Å². The van der Waals surface area contributed by atoms with Crippen LogP contribution >= 0.6 is 11.3 Å². The van der Waals surface area contributed by atoms with E-state index in [1.807, 2.05) is 29.5 Å². The second-order valence-electron chi connectivity index (χ2n) is 5.43. The van der Waals surface area contributed by atoms with Crippen molar-refractivity contribution in [3.63, 3.8) is 0 Å². The van der Waals surface area contributed by atoms with Gasteiger partial charge in [-0.25, -0.2) is 0 Å². The van der Waals surface area contributed by atoms with Crippen molar-refractivity contribution in [2.45, 2.75) is 38.8 Å². The molecule has 0 aliphatic heterocycles. The van der Waals surface area contributed by atoms with E-state index in [0.29, 0.717) is 6.04 Å². The van der Waals surface area contributed by atoms with Crippen molar-refractivity contribution < 1.29 is 4.42 Å². The smallest absolute Gasteiger partial charge is 0.134 e. The number of nitrogens with one attached hydrogen (secondary N) is 1. The van der Waals surface area contributed by atoms with Gasteiger partial charge in [-0.15, -0.1) is 11.3 Å². The van der Waals surface area contributed by atoms with Crippen molar-refractivity contribution >= 4 is 22.3 Å². The number of furan rings is 1. The molecule has 0 saturated carbocycles. The number of para-hydroxylation sites is 1. The maximum Gasteiger partial charge on any atom is 0.134 e. The monoisotopic (exact) mass is 299 g/mol. The molecule has 3 heteroatoms. The Labute approximate surface area is 129 Å². The van der Waals surface area contributed by atoms with E-state index in [1.165, 1.54) is 16.7 Å². The summed E-state index contributed by atoms with van der Waals surface area (Å²) in [6.45, 7) is 4.40. The molecule has 3 rings (SSSR count). The minimum Gasteiger partial charge on any atom is -0.459 e. The van der Waals surface area contributed by atoms with Crippen molar-refractivity contribution in [1.29, 1.82) is 0 Å². The molecule has 3 aromatic rings. The Morgan fingerprint density at radius 1 is 1.19 bits per heavy atom. The molecule has 2 nitrogen and oxygen atoms in total. The van der Waals surface area contributed by atoms with Crippen molar-refractivity contribution in [2.75, 3.05) is 0 Å². The van der Waals surface area contributed by atoms with Crippen molar-refractivity contribution in [3.8, 4) is 0 Å². The lowest BCUT2D eigenvalue weighted by Crippen LogP contribution is -2.23. The van der Waals surface area contributed by atoms with Crippen LogP contribution in [0.3, 0.4) is 0 Å². The Morgan fingerprint density at radius 3 is 2.76 bits per heavy atom. The molecule has 2 aromatic heterocycles. The second kappa shape index (κ2) is 6.46.